The molecule has 3 rings (SSSR count). The van der Waals surface area contributed by atoms with E-state index < -0.39 is 0 Å². The summed E-state index contributed by atoms with van der Waals surface area (Å²) in [4.78, 5) is 19.0. The lowest BCUT2D eigenvalue weighted by atomic mass is 10.0. The van der Waals surface area contributed by atoms with Gasteiger partial charge in [0.1, 0.15) is 5.56 Å². The molecule has 3 heterocycles. The molecular formula is C14H20ClN5O. The van der Waals surface area contributed by atoms with Crippen LogP contribution in [0.5, 0.6) is 0 Å². The number of carbonyl (C=O) groups is 1. The lowest BCUT2D eigenvalue weighted by Gasteiger charge is -2.34. The van der Waals surface area contributed by atoms with Gasteiger partial charge < -0.3 is 10.6 Å². The number of amides is 1. The van der Waals surface area contributed by atoms with Crippen LogP contribution in [0.25, 0.3) is 5.65 Å². The van der Waals surface area contributed by atoms with Crippen LogP contribution in [-0.2, 0) is 0 Å². The quantitative estimate of drug-likeness (QED) is 0.910. The number of piperidine rings is 1. The minimum atomic E-state index is -0.00625. The van der Waals surface area contributed by atoms with Gasteiger partial charge in [-0.3, -0.25) is 4.79 Å². The molecule has 0 aromatic carbocycles. The molecule has 6 nitrogen and oxygen atoms in total. The van der Waals surface area contributed by atoms with Crippen molar-refractivity contribution >= 4 is 24.0 Å². The van der Waals surface area contributed by atoms with E-state index in [1.165, 1.54) is 0 Å². The second kappa shape index (κ2) is 6.41. The van der Waals surface area contributed by atoms with E-state index in [1.807, 2.05) is 24.1 Å². The monoisotopic (exact) mass is 309 g/mol. The standard InChI is InChI=1S/C14H19N5O.ClH/c1-10-5-7-19-13(17-10)12(9-16-19)14(20)18-6-3-2-4-11(18)8-15;/h5,7,9,11H,2-4,6,8,15H2,1H3;1H. The van der Waals surface area contributed by atoms with E-state index in [0.29, 0.717) is 17.8 Å². The summed E-state index contributed by atoms with van der Waals surface area (Å²) >= 11 is 0. The molecule has 2 N–H and O–H groups in total. The van der Waals surface area contributed by atoms with Crippen molar-refractivity contribution in [3.05, 3.63) is 29.7 Å². The number of hydrogen-bond acceptors (Lipinski definition) is 4. The number of likely N-dealkylation sites (tertiary alicyclic amines) is 1. The van der Waals surface area contributed by atoms with Crippen LogP contribution in [0.3, 0.4) is 0 Å². The largest absolute Gasteiger partial charge is 0.334 e. The second-order valence-corrected chi connectivity index (χ2v) is 5.28. The fourth-order valence-electron chi connectivity index (χ4n) is 2.78. The lowest BCUT2D eigenvalue weighted by molar-refractivity contribution is 0.0625. The smallest absolute Gasteiger partial charge is 0.259 e. The molecule has 1 atom stereocenters. The second-order valence-electron chi connectivity index (χ2n) is 5.28. The zero-order valence-corrected chi connectivity index (χ0v) is 12.8. The number of aryl methyl sites for hydroxylation is 1. The van der Waals surface area contributed by atoms with Crippen LogP contribution in [0.15, 0.2) is 18.5 Å². The van der Waals surface area contributed by atoms with E-state index in [1.54, 1.807) is 10.7 Å². The first-order valence-electron chi connectivity index (χ1n) is 7.02. The van der Waals surface area contributed by atoms with E-state index in [-0.39, 0.29) is 24.4 Å². The van der Waals surface area contributed by atoms with Crippen LogP contribution >= 0.6 is 12.4 Å². The number of rotatable bonds is 2. The highest BCUT2D eigenvalue weighted by atomic mass is 35.5. The van der Waals surface area contributed by atoms with Crippen LogP contribution in [-0.4, -0.2) is 44.5 Å². The molecule has 0 bridgehead atoms. The Bertz CT molecular complexity index is 641. The maximum absolute atomic E-state index is 12.7. The normalized spacial score (nSPS) is 18.6. The number of hydrogen-bond donors (Lipinski definition) is 1. The zero-order valence-electron chi connectivity index (χ0n) is 12.0. The van der Waals surface area contributed by atoms with Crippen LogP contribution in [0.4, 0.5) is 0 Å². The fraction of sp³-hybridized carbons (Fsp3) is 0.500. The molecule has 21 heavy (non-hydrogen) atoms. The molecule has 0 saturated carbocycles. The molecule has 1 saturated heterocycles. The average molecular weight is 310 g/mol. The Morgan fingerprint density at radius 3 is 3.05 bits per heavy atom. The topological polar surface area (TPSA) is 76.5 Å². The maximum atomic E-state index is 12.7. The van der Waals surface area contributed by atoms with Crippen molar-refractivity contribution in [3.63, 3.8) is 0 Å². The van der Waals surface area contributed by atoms with Crippen LogP contribution < -0.4 is 5.73 Å². The SMILES string of the molecule is Cc1ccn2ncc(C(=O)N3CCCCC3CN)c2n1.Cl. The van der Waals surface area contributed by atoms with Gasteiger partial charge in [-0.2, -0.15) is 5.10 Å². The van der Waals surface area contributed by atoms with Gasteiger partial charge in [-0.15, -0.1) is 12.4 Å². The first-order valence-corrected chi connectivity index (χ1v) is 7.02. The molecular weight excluding hydrogens is 290 g/mol. The van der Waals surface area contributed by atoms with E-state index in [2.05, 4.69) is 10.1 Å². The summed E-state index contributed by atoms with van der Waals surface area (Å²) in [5.74, 6) is -0.00625. The van der Waals surface area contributed by atoms with Crippen molar-refractivity contribution in [2.24, 2.45) is 5.73 Å². The Morgan fingerprint density at radius 2 is 2.29 bits per heavy atom. The molecule has 1 fully saturated rings. The number of nitrogens with two attached hydrogens (primary N) is 1. The summed E-state index contributed by atoms with van der Waals surface area (Å²) in [6.45, 7) is 3.19. The van der Waals surface area contributed by atoms with E-state index >= 15 is 0 Å². The highest BCUT2D eigenvalue weighted by Crippen LogP contribution is 2.20. The Balaban J connectivity index is 0.00000161. The number of fused-ring (bicyclic) bond motifs is 1. The minimum Gasteiger partial charge on any atom is -0.334 e. The first kappa shape index (κ1) is 15.7. The van der Waals surface area contributed by atoms with Gasteiger partial charge in [0.15, 0.2) is 5.65 Å². The van der Waals surface area contributed by atoms with Gasteiger partial charge >= 0.3 is 0 Å². The Kier molecular flexibility index (Phi) is 4.80. The van der Waals surface area contributed by atoms with Gasteiger partial charge in [0, 0.05) is 31.0 Å². The summed E-state index contributed by atoms with van der Waals surface area (Å²) in [5.41, 5.74) is 7.85. The van der Waals surface area contributed by atoms with Crippen molar-refractivity contribution in [1.29, 1.82) is 0 Å². The predicted molar refractivity (Wildman–Crippen MR) is 82.7 cm³/mol. The molecule has 0 radical (unpaired) electrons. The van der Waals surface area contributed by atoms with Crippen molar-refractivity contribution in [2.45, 2.75) is 32.2 Å². The van der Waals surface area contributed by atoms with Crippen molar-refractivity contribution < 1.29 is 4.79 Å². The summed E-state index contributed by atoms with van der Waals surface area (Å²) in [6.07, 6.45) is 6.58. The highest BCUT2D eigenvalue weighted by molar-refractivity contribution is 5.99. The summed E-state index contributed by atoms with van der Waals surface area (Å²) in [5, 5.41) is 4.20. The number of nitrogens with zero attached hydrogens (tertiary/aromatic N) is 4. The van der Waals surface area contributed by atoms with Gasteiger partial charge in [0.2, 0.25) is 0 Å². The maximum Gasteiger partial charge on any atom is 0.259 e. The number of carbonyl (C=O) groups excluding carboxylic acids is 1. The lowest BCUT2D eigenvalue weighted by Crippen LogP contribution is -2.47. The van der Waals surface area contributed by atoms with Crippen LogP contribution in [0.1, 0.15) is 35.3 Å². The Hall–Kier alpha value is -1.66. The summed E-state index contributed by atoms with van der Waals surface area (Å²) < 4.78 is 1.64. The molecule has 1 amide bonds. The molecule has 2 aromatic heterocycles. The third kappa shape index (κ3) is 2.87. The zero-order chi connectivity index (χ0) is 14.1. The summed E-state index contributed by atoms with van der Waals surface area (Å²) in [6, 6.07) is 2.01. The van der Waals surface area contributed by atoms with Gasteiger partial charge in [-0.25, -0.2) is 9.50 Å². The molecule has 1 unspecified atom stereocenters. The molecule has 7 heteroatoms. The first-order chi connectivity index (χ1) is 9.70. The fourth-order valence-corrected chi connectivity index (χ4v) is 2.78. The highest BCUT2D eigenvalue weighted by Gasteiger charge is 2.28. The Labute approximate surface area is 129 Å². The van der Waals surface area contributed by atoms with E-state index in [0.717, 1.165) is 31.5 Å². The van der Waals surface area contributed by atoms with Gasteiger partial charge in [-0.05, 0) is 32.3 Å². The molecule has 2 aromatic rings. The minimum absolute atomic E-state index is 0. The third-order valence-corrected chi connectivity index (χ3v) is 3.90. The molecule has 114 valence electrons. The van der Waals surface area contributed by atoms with Crippen molar-refractivity contribution in [3.8, 4) is 0 Å². The van der Waals surface area contributed by atoms with Crippen molar-refractivity contribution in [1.82, 2.24) is 19.5 Å². The van der Waals surface area contributed by atoms with Crippen LogP contribution in [0, 0.1) is 6.92 Å². The average Bonchev–Trinajstić information content (AvgIpc) is 2.89. The van der Waals surface area contributed by atoms with E-state index in [4.69, 9.17) is 5.73 Å². The van der Waals surface area contributed by atoms with Gasteiger partial charge in [0.25, 0.3) is 5.91 Å². The summed E-state index contributed by atoms with van der Waals surface area (Å²) in [7, 11) is 0. The van der Waals surface area contributed by atoms with Crippen LogP contribution in [0.2, 0.25) is 0 Å². The number of aromatic nitrogens is 3. The predicted octanol–water partition coefficient (Wildman–Crippen LogP) is 1.41. The molecule has 0 spiro atoms. The van der Waals surface area contributed by atoms with Gasteiger partial charge in [0.05, 0.1) is 6.20 Å². The van der Waals surface area contributed by atoms with E-state index in [9.17, 15) is 4.79 Å². The number of halogens is 1. The Morgan fingerprint density at radius 1 is 1.48 bits per heavy atom. The molecule has 1 aliphatic heterocycles. The molecule has 0 aliphatic carbocycles. The third-order valence-electron chi connectivity index (χ3n) is 3.90. The molecule has 1 aliphatic rings. The van der Waals surface area contributed by atoms with Crippen molar-refractivity contribution in [2.75, 3.05) is 13.1 Å². The van der Waals surface area contributed by atoms with Gasteiger partial charge in [-0.1, -0.05) is 0 Å².